The molecule has 0 bridgehead atoms. The number of fused-ring (bicyclic) bond motifs is 3. The van der Waals surface area contributed by atoms with Gasteiger partial charge in [0.2, 0.25) is 11.8 Å². The molecule has 3 aromatic heterocycles. The van der Waals surface area contributed by atoms with Gasteiger partial charge in [-0.15, -0.1) is 11.3 Å². The number of anilines is 1. The number of nitrogens with zero attached hydrogens (tertiary/aromatic N) is 5. The van der Waals surface area contributed by atoms with Gasteiger partial charge in [0.05, 0.1) is 45.0 Å². The summed E-state index contributed by atoms with van der Waals surface area (Å²) in [7, 11) is 0. The van der Waals surface area contributed by atoms with Crippen LogP contribution in [0.25, 0.3) is 21.2 Å². The predicted molar refractivity (Wildman–Crippen MR) is 147 cm³/mol. The first kappa shape index (κ1) is 23.4. The Hall–Kier alpha value is -3.69. The van der Waals surface area contributed by atoms with Gasteiger partial charge in [0.1, 0.15) is 0 Å². The van der Waals surface area contributed by atoms with Crippen molar-refractivity contribution in [2.75, 3.05) is 18.0 Å². The minimum Gasteiger partial charge on any atom is -0.341 e. The number of aryl methyl sites for hydroxylation is 1. The molecule has 8 nitrogen and oxygen atoms in total. The van der Waals surface area contributed by atoms with Crippen LogP contribution in [-0.4, -0.2) is 50.3 Å². The number of rotatable bonds is 4. The lowest BCUT2D eigenvalue weighted by Crippen LogP contribution is -2.54. The standard InChI is InChI=1S/C29H28N6O2S/c1-18-32-16-24(38-18)25-20-5-3-2-4-19(20)14-33-22(25)17-35-23-15-31-11-6-21(23)28(26(35)36)9-12-34(13-10-28)27(37)29(30)7-8-29/h2-6,11,14-16H,7-10,12-13,17,30H2,1H3. The van der Waals surface area contributed by atoms with Gasteiger partial charge in [-0.3, -0.25) is 19.6 Å². The van der Waals surface area contributed by atoms with Crippen LogP contribution in [0.3, 0.4) is 0 Å². The highest BCUT2D eigenvalue weighted by molar-refractivity contribution is 7.15. The Morgan fingerprint density at radius 3 is 2.58 bits per heavy atom. The van der Waals surface area contributed by atoms with Gasteiger partial charge in [-0.1, -0.05) is 24.3 Å². The van der Waals surface area contributed by atoms with Crippen LogP contribution in [0.2, 0.25) is 0 Å². The van der Waals surface area contributed by atoms with Gasteiger partial charge in [0.25, 0.3) is 0 Å². The van der Waals surface area contributed by atoms with Gasteiger partial charge in [0, 0.05) is 42.6 Å². The van der Waals surface area contributed by atoms with Crippen molar-refractivity contribution in [1.29, 1.82) is 0 Å². The van der Waals surface area contributed by atoms with E-state index in [4.69, 9.17) is 10.7 Å². The average Bonchev–Trinajstić information content (AvgIpc) is 3.50. The lowest BCUT2D eigenvalue weighted by molar-refractivity contribution is -0.137. The smallest absolute Gasteiger partial charge is 0.242 e. The highest BCUT2D eigenvalue weighted by Crippen LogP contribution is 2.49. The van der Waals surface area contributed by atoms with E-state index < -0.39 is 11.0 Å². The number of likely N-dealkylation sites (tertiary alicyclic amines) is 1. The van der Waals surface area contributed by atoms with E-state index in [1.807, 2.05) is 47.3 Å². The molecule has 0 radical (unpaired) electrons. The fraction of sp³-hybridized carbons (Fsp3) is 0.345. The third-order valence-corrected chi connectivity index (χ3v) is 9.36. The number of carbonyl (C=O) groups excluding carboxylic acids is 2. The van der Waals surface area contributed by atoms with Crippen LogP contribution < -0.4 is 10.6 Å². The zero-order valence-electron chi connectivity index (χ0n) is 21.2. The summed E-state index contributed by atoms with van der Waals surface area (Å²) in [5.74, 6) is 0.0809. The molecule has 1 aromatic carbocycles. The number of hydrogen-bond acceptors (Lipinski definition) is 7. The van der Waals surface area contributed by atoms with Gasteiger partial charge in [0.15, 0.2) is 0 Å². The Labute approximate surface area is 224 Å². The van der Waals surface area contributed by atoms with E-state index in [2.05, 4.69) is 22.1 Å². The summed E-state index contributed by atoms with van der Waals surface area (Å²) >= 11 is 1.63. The number of thiazole rings is 1. The van der Waals surface area contributed by atoms with Crippen LogP contribution in [0.15, 0.2) is 55.1 Å². The first-order chi connectivity index (χ1) is 18.4. The summed E-state index contributed by atoms with van der Waals surface area (Å²) in [6.45, 7) is 3.39. The number of carbonyl (C=O) groups is 2. The Morgan fingerprint density at radius 2 is 1.84 bits per heavy atom. The van der Waals surface area contributed by atoms with Crippen molar-refractivity contribution in [3.05, 3.63) is 71.4 Å². The van der Waals surface area contributed by atoms with Gasteiger partial charge < -0.3 is 15.5 Å². The number of piperidine rings is 1. The summed E-state index contributed by atoms with van der Waals surface area (Å²) in [6.07, 6.45) is 9.97. The van der Waals surface area contributed by atoms with Crippen molar-refractivity contribution in [1.82, 2.24) is 19.9 Å². The maximum Gasteiger partial charge on any atom is 0.242 e. The largest absolute Gasteiger partial charge is 0.341 e. The molecule has 2 amide bonds. The molecule has 2 N–H and O–H groups in total. The van der Waals surface area contributed by atoms with Crippen molar-refractivity contribution in [3.8, 4) is 10.4 Å². The minimum atomic E-state index is -0.689. The van der Waals surface area contributed by atoms with Crippen LogP contribution in [0.5, 0.6) is 0 Å². The minimum absolute atomic E-state index is 0.0226. The number of nitrogens with two attached hydrogens (primary N) is 1. The third kappa shape index (κ3) is 3.49. The van der Waals surface area contributed by atoms with E-state index in [1.165, 1.54) is 0 Å². The highest BCUT2D eigenvalue weighted by Gasteiger charge is 2.55. The molecule has 4 aromatic rings. The maximum absolute atomic E-state index is 14.3. The average molecular weight is 525 g/mol. The highest BCUT2D eigenvalue weighted by atomic mass is 32.1. The Bertz CT molecular complexity index is 1600. The summed E-state index contributed by atoms with van der Waals surface area (Å²) in [5, 5.41) is 3.13. The molecule has 7 rings (SSSR count). The molecule has 5 heterocycles. The van der Waals surface area contributed by atoms with Crippen molar-refractivity contribution in [2.45, 2.75) is 50.1 Å². The van der Waals surface area contributed by atoms with E-state index in [0.29, 0.717) is 32.5 Å². The second-order valence-corrected chi connectivity index (χ2v) is 12.0. The fourth-order valence-electron chi connectivity index (χ4n) is 6.11. The first-order valence-electron chi connectivity index (χ1n) is 13.0. The van der Waals surface area contributed by atoms with Crippen LogP contribution in [-0.2, 0) is 21.5 Å². The van der Waals surface area contributed by atoms with E-state index in [0.717, 1.165) is 56.0 Å². The van der Waals surface area contributed by atoms with Gasteiger partial charge >= 0.3 is 0 Å². The number of aromatic nitrogens is 3. The van der Waals surface area contributed by atoms with Crippen LogP contribution >= 0.6 is 11.3 Å². The van der Waals surface area contributed by atoms with Crippen molar-refractivity contribution < 1.29 is 9.59 Å². The number of hydrogen-bond donors (Lipinski definition) is 1. The second-order valence-electron chi connectivity index (χ2n) is 10.7. The predicted octanol–water partition coefficient (Wildman–Crippen LogP) is 3.96. The zero-order valence-corrected chi connectivity index (χ0v) is 22.0. The van der Waals surface area contributed by atoms with Gasteiger partial charge in [-0.05, 0) is 49.6 Å². The second kappa shape index (κ2) is 8.41. The lowest BCUT2D eigenvalue weighted by atomic mass is 9.74. The van der Waals surface area contributed by atoms with Gasteiger partial charge in [-0.2, -0.15) is 0 Å². The molecule has 2 fully saturated rings. The third-order valence-electron chi connectivity index (χ3n) is 8.43. The van der Waals surface area contributed by atoms with E-state index >= 15 is 0 Å². The fourth-order valence-corrected chi connectivity index (χ4v) is 6.97. The SMILES string of the molecule is Cc1ncc(-c2c(CN3C(=O)C4(CCN(C(=O)C5(N)CC5)CC4)c4ccncc43)ncc3ccccc23)s1. The molecule has 9 heteroatoms. The topological polar surface area (TPSA) is 105 Å². The van der Waals surface area contributed by atoms with Crippen molar-refractivity contribution in [2.24, 2.45) is 5.73 Å². The monoisotopic (exact) mass is 524 g/mol. The Kier molecular flexibility index (Phi) is 5.18. The van der Waals surface area contributed by atoms with Gasteiger partial charge in [-0.25, -0.2) is 4.98 Å². The molecule has 2 aliphatic heterocycles. The summed E-state index contributed by atoms with van der Waals surface area (Å²) in [6, 6.07) is 10.2. The zero-order chi connectivity index (χ0) is 26.1. The molecular formula is C29H28N6O2S. The van der Waals surface area contributed by atoms with Crippen molar-refractivity contribution in [3.63, 3.8) is 0 Å². The summed E-state index contributed by atoms with van der Waals surface area (Å²) < 4.78 is 0. The number of pyridine rings is 2. The molecule has 3 aliphatic rings. The molecule has 192 valence electrons. The summed E-state index contributed by atoms with van der Waals surface area (Å²) in [4.78, 5) is 45.6. The van der Waals surface area contributed by atoms with Crippen molar-refractivity contribution >= 4 is 39.6 Å². The number of amides is 2. The summed E-state index contributed by atoms with van der Waals surface area (Å²) in [5.41, 5.74) is 8.51. The lowest BCUT2D eigenvalue weighted by Gasteiger charge is -2.39. The molecule has 1 saturated heterocycles. The quantitative estimate of drug-likeness (QED) is 0.433. The molecular weight excluding hydrogens is 496 g/mol. The first-order valence-corrected chi connectivity index (χ1v) is 13.9. The van der Waals surface area contributed by atoms with E-state index in [-0.39, 0.29) is 11.8 Å². The Morgan fingerprint density at radius 1 is 1.05 bits per heavy atom. The van der Waals surface area contributed by atoms with E-state index in [9.17, 15) is 9.59 Å². The molecule has 38 heavy (non-hydrogen) atoms. The Balaban J connectivity index is 1.26. The normalized spacial score (nSPS) is 19.3. The number of benzene rings is 1. The van der Waals surface area contributed by atoms with E-state index in [1.54, 1.807) is 23.7 Å². The van der Waals surface area contributed by atoms with Crippen LogP contribution in [0.4, 0.5) is 5.69 Å². The maximum atomic E-state index is 14.3. The molecule has 0 atom stereocenters. The molecule has 0 unspecified atom stereocenters. The molecule has 1 aliphatic carbocycles. The molecule has 1 saturated carbocycles. The van der Waals surface area contributed by atoms with Crippen LogP contribution in [0.1, 0.15) is 41.9 Å². The van der Waals surface area contributed by atoms with Crippen LogP contribution in [0, 0.1) is 6.92 Å². The molecule has 1 spiro atoms.